The van der Waals surface area contributed by atoms with Gasteiger partial charge in [-0.2, -0.15) is 18.4 Å². The number of ether oxygens (including phenoxy) is 3. The van der Waals surface area contributed by atoms with E-state index >= 15 is 0 Å². The number of nitrogens with zero attached hydrogens (tertiary/aromatic N) is 4. The smallest absolute Gasteiger partial charge is 0.390 e. The molecule has 0 radical (unpaired) electrons. The van der Waals surface area contributed by atoms with Gasteiger partial charge in [0.25, 0.3) is 0 Å². The molecule has 0 unspecified atom stereocenters. The molecule has 11 nitrogen and oxygen atoms in total. The number of aliphatic hydroxyl groups is 4. The van der Waals surface area contributed by atoms with Crippen LogP contribution in [-0.2, 0) is 19.8 Å². The van der Waals surface area contributed by atoms with Crippen molar-refractivity contribution in [2.75, 3.05) is 52.6 Å². The van der Waals surface area contributed by atoms with E-state index in [0.29, 0.717) is 60.0 Å². The molecule has 0 spiro atoms. The minimum Gasteiger partial charge on any atom is -0.492 e. The lowest BCUT2D eigenvalue weighted by Gasteiger charge is -2.36. The van der Waals surface area contributed by atoms with Gasteiger partial charge < -0.3 is 39.5 Å². The summed E-state index contributed by atoms with van der Waals surface area (Å²) in [5, 5.41) is 49.4. The molecular formula is C43H49Cl2F3N4O7. The standard InChI is InChI=1S/C43H49Cl2F3N4O7/c1-29-32(5-2-6-35(29)36-7-3-8-38(41(36)45)57-16-4-12-51-13-9-42(56,28-55)10-14-51)27-59-40-19-39(58-26-31-17-30(20-49)21-50-22-31)33(18-37(40)44)23-52(34(24-53)25-54)15-11-43(46,47)48/h2-3,5-8,17-19,21-22,34,53-56H,4,9-16,23-28H2,1H3. The second-order valence-electron chi connectivity index (χ2n) is 14.6. The Bertz CT molecular complexity index is 2040. The predicted molar refractivity (Wildman–Crippen MR) is 218 cm³/mol. The molecule has 3 aromatic carbocycles. The van der Waals surface area contributed by atoms with Crippen LogP contribution in [0.25, 0.3) is 11.1 Å². The number of benzene rings is 3. The number of likely N-dealkylation sites (tertiary alicyclic amines) is 1. The Morgan fingerprint density at radius 3 is 2.32 bits per heavy atom. The maximum absolute atomic E-state index is 13.3. The van der Waals surface area contributed by atoms with E-state index < -0.39 is 44.0 Å². The lowest BCUT2D eigenvalue weighted by atomic mass is 9.92. The third kappa shape index (κ3) is 12.9. The summed E-state index contributed by atoms with van der Waals surface area (Å²) in [7, 11) is 0. The summed E-state index contributed by atoms with van der Waals surface area (Å²) in [5.41, 5.74) is 3.65. The number of aromatic nitrogens is 1. The SMILES string of the molecule is Cc1c(COc2cc(OCc3cncc(C#N)c3)c(CN(CCC(F)(F)F)C(CO)CO)cc2Cl)cccc1-c1cccc(OCCCN2CCC(O)(CO)CC2)c1Cl. The largest absolute Gasteiger partial charge is 0.492 e. The Morgan fingerprint density at radius 2 is 1.63 bits per heavy atom. The maximum atomic E-state index is 13.3. The minimum absolute atomic E-state index is 0.0394. The molecule has 0 atom stereocenters. The Hall–Kier alpha value is -4.17. The van der Waals surface area contributed by atoms with Gasteiger partial charge in [-0.1, -0.05) is 53.5 Å². The van der Waals surface area contributed by atoms with Gasteiger partial charge in [0.05, 0.1) is 60.1 Å². The second kappa shape index (κ2) is 21.4. The first-order chi connectivity index (χ1) is 28.3. The summed E-state index contributed by atoms with van der Waals surface area (Å²) in [5.74, 6) is 1.02. The fraction of sp³-hybridized carbons (Fsp3) is 0.442. The molecule has 318 valence electrons. The fourth-order valence-corrected chi connectivity index (χ4v) is 7.36. The third-order valence-corrected chi connectivity index (χ3v) is 11.2. The topological polar surface area (TPSA) is 152 Å². The Labute approximate surface area is 352 Å². The number of alkyl halides is 3. The monoisotopic (exact) mass is 860 g/mol. The molecule has 2 heterocycles. The molecule has 0 saturated carbocycles. The molecule has 0 bridgehead atoms. The summed E-state index contributed by atoms with van der Waals surface area (Å²) < 4.78 is 58.3. The molecule has 1 aliphatic rings. The molecule has 4 N–H and O–H groups in total. The molecule has 1 saturated heterocycles. The summed E-state index contributed by atoms with van der Waals surface area (Å²) in [6.07, 6.45) is -0.879. The van der Waals surface area contributed by atoms with E-state index in [1.54, 1.807) is 12.1 Å². The Morgan fingerprint density at radius 1 is 0.915 bits per heavy atom. The molecule has 0 amide bonds. The van der Waals surface area contributed by atoms with Crippen molar-refractivity contribution in [3.63, 3.8) is 0 Å². The van der Waals surface area contributed by atoms with E-state index in [1.807, 2.05) is 49.4 Å². The van der Waals surface area contributed by atoms with Crippen LogP contribution in [0, 0.1) is 18.3 Å². The van der Waals surface area contributed by atoms with E-state index in [9.17, 15) is 38.9 Å². The Balaban J connectivity index is 1.32. The number of hydrogen-bond donors (Lipinski definition) is 4. The van der Waals surface area contributed by atoms with E-state index in [2.05, 4.69) is 9.88 Å². The maximum Gasteiger partial charge on any atom is 0.390 e. The van der Waals surface area contributed by atoms with Crippen LogP contribution in [0.15, 0.2) is 67.0 Å². The average Bonchev–Trinajstić information content (AvgIpc) is 3.22. The van der Waals surface area contributed by atoms with Crippen LogP contribution in [0.1, 0.15) is 53.5 Å². The van der Waals surface area contributed by atoms with Crippen LogP contribution in [0.3, 0.4) is 0 Å². The van der Waals surface area contributed by atoms with Gasteiger partial charge >= 0.3 is 6.18 Å². The lowest BCUT2D eigenvalue weighted by molar-refractivity contribution is -0.140. The quantitative estimate of drug-likeness (QED) is 0.0675. The van der Waals surface area contributed by atoms with Crippen LogP contribution in [-0.4, -0.2) is 106 Å². The minimum atomic E-state index is -4.47. The van der Waals surface area contributed by atoms with Gasteiger partial charge in [-0.05, 0) is 61.1 Å². The number of halogens is 5. The highest BCUT2D eigenvalue weighted by molar-refractivity contribution is 6.35. The third-order valence-electron chi connectivity index (χ3n) is 10.5. The first kappa shape index (κ1) is 45.9. The highest BCUT2D eigenvalue weighted by atomic mass is 35.5. The zero-order valence-corrected chi connectivity index (χ0v) is 34.2. The van der Waals surface area contributed by atoms with Crippen molar-refractivity contribution in [3.8, 4) is 34.4 Å². The summed E-state index contributed by atoms with van der Waals surface area (Å²) in [6, 6.07) is 17.1. The first-order valence-corrected chi connectivity index (χ1v) is 20.0. The molecular weight excluding hydrogens is 812 g/mol. The summed E-state index contributed by atoms with van der Waals surface area (Å²) >= 11 is 13.7. The fourth-order valence-electron chi connectivity index (χ4n) is 6.84. The van der Waals surface area contributed by atoms with E-state index in [1.165, 1.54) is 23.4 Å². The lowest BCUT2D eigenvalue weighted by Crippen LogP contribution is -2.46. The van der Waals surface area contributed by atoms with Crippen molar-refractivity contribution in [3.05, 3.63) is 105 Å². The van der Waals surface area contributed by atoms with Gasteiger partial charge in [0.1, 0.15) is 36.5 Å². The molecule has 4 aromatic rings. The predicted octanol–water partition coefficient (Wildman–Crippen LogP) is 7.09. The molecule has 1 aliphatic heterocycles. The zero-order valence-electron chi connectivity index (χ0n) is 32.7. The first-order valence-electron chi connectivity index (χ1n) is 19.3. The number of pyridine rings is 1. The van der Waals surface area contributed by atoms with Gasteiger partial charge in [0.15, 0.2) is 0 Å². The van der Waals surface area contributed by atoms with Crippen molar-refractivity contribution in [2.45, 2.75) is 70.2 Å². The highest BCUT2D eigenvalue weighted by Gasteiger charge is 2.32. The van der Waals surface area contributed by atoms with Gasteiger partial charge in [-0.3, -0.25) is 9.88 Å². The van der Waals surface area contributed by atoms with Crippen LogP contribution in [0.5, 0.6) is 17.2 Å². The van der Waals surface area contributed by atoms with Crippen molar-refractivity contribution < 1.29 is 47.8 Å². The average molecular weight is 862 g/mol. The summed E-state index contributed by atoms with van der Waals surface area (Å²) in [4.78, 5) is 7.63. The van der Waals surface area contributed by atoms with Gasteiger partial charge in [-0.25, -0.2) is 0 Å². The van der Waals surface area contributed by atoms with Crippen molar-refractivity contribution >= 4 is 23.2 Å². The number of nitriles is 1. The molecule has 16 heteroatoms. The van der Waals surface area contributed by atoms with Gasteiger partial charge in [0.2, 0.25) is 0 Å². The molecule has 1 fully saturated rings. The van der Waals surface area contributed by atoms with E-state index in [4.69, 9.17) is 37.4 Å². The number of rotatable bonds is 20. The van der Waals surface area contributed by atoms with Gasteiger partial charge in [-0.15, -0.1) is 0 Å². The van der Waals surface area contributed by atoms with Crippen molar-refractivity contribution in [1.82, 2.24) is 14.8 Å². The van der Waals surface area contributed by atoms with Crippen LogP contribution in [0.2, 0.25) is 10.0 Å². The normalized spacial score (nSPS) is 14.4. The number of aliphatic hydroxyl groups excluding tert-OH is 3. The second-order valence-corrected chi connectivity index (χ2v) is 15.4. The van der Waals surface area contributed by atoms with Crippen molar-refractivity contribution in [1.29, 1.82) is 5.26 Å². The van der Waals surface area contributed by atoms with Gasteiger partial charge in [0, 0.05) is 67.9 Å². The Kier molecular flexibility index (Phi) is 16.6. The van der Waals surface area contributed by atoms with Crippen LogP contribution >= 0.6 is 23.2 Å². The van der Waals surface area contributed by atoms with Crippen LogP contribution < -0.4 is 14.2 Å². The molecule has 0 aliphatic carbocycles. The molecule has 5 rings (SSSR count). The zero-order chi connectivity index (χ0) is 42.6. The summed E-state index contributed by atoms with van der Waals surface area (Å²) in [6.45, 7) is 2.63. The highest BCUT2D eigenvalue weighted by Crippen LogP contribution is 2.39. The van der Waals surface area contributed by atoms with Crippen molar-refractivity contribution in [2.24, 2.45) is 0 Å². The number of hydrogen-bond acceptors (Lipinski definition) is 11. The van der Waals surface area contributed by atoms with E-state index in [-0.39, 0.29) is 42.9 Å². The van der Waals surface area contributed by atoms with E-state index in [0.717, 1.165) is 35.2 Å². The molecule has 1 aromatic heterocycles. The molecule has 59 heavy (non-hydrogen) atoms. The number of piperidine rings is 1. The van der Waals surface area contributed by atoms with Crippen LogP contribution in [0.4, 0.5) is 13.2 Å².